The molecule has 4 aliphatic rings. The number of nitrogens with two attached hydrogens (primary N) is 1. The minimum absolute atomic E-state index is 0.000986. The molecule has 0 amide bonds. The first-order chi connectivity index (χ1) is 19.3. The number of fused-ring (bicyclic) bond motifs is 9. The third-order valence-electron chi connectivity index (χ3n) is 8.49. The Hall–Kier alpha value is -3.98. The number of nitrogens with zero attached hydrogens (tertiary/aromatic N) is 2. The molecule has 0 aliphatic carbocycles. The largest absolute Gasteiger partial charge is 0.514 e. The van der Waals surface area contributed by atoms with Gasteiger partial charge in [-0.15, -0.1) is 0 Å². The maximum Gasteiger partial charge on any atom is 0.514 e. The summed E-state index contributed by atoms with van der Waals surface area (Å²) in [5, 5.41) is 25.5. The average molecular weight is 549 g/mol. The summed E-state index contributed by atoms with van der Waals surface area (Å²) < 4.78 is 28.2. The molecule has 2 unspecified atom stereocenters. The van der Waals surface area contributed by atoms with E-state index in [1.807, 2.05) is 13.0 Å². The fraction of sp³-hybridized carbons (Fsp3) is 0.448. The number of methoxy groups -OCH3 is 1. The summed E-state index contributed by atoms with van der Waals surface area (Å²) in [5.74, 6) is 1.87. The summed E-state index contributed by atoms with van der Waals surface area (Å²) in [6.07, 6.45) is 1.53. The lowest BCUT2D eigenvalue weighted by molar-refractivity contribution is 0.00140. The highest BCUT2D eigenvalue weighted by molar-refractivity contribution is 5.72. The van der Waals surface area contributed by atoms with E-state index in [9.17, 15) is 15.2 Å². The number of nitriles is 1. The molecule has 11 heteroatoms. The normalized spacial score (nSPS) is 25.6. The van der Waals surface area contributed by atoms with Crippen LogP contribution in [0.15, 0.2) is 18.7 Å². The molecule has 4 N–H and O–H groups in total. The van der Waals surface area contributed by atoms with Crippen LogP contribution in [0.1, 0.15) is 45.5 Å². The van der Waals surface area contributed by atoms with Gasteiger partial charge < -0.3 is 39.8 Å². The molecular formula is C29H32N4O7. The van der Waals surface area contributed by atoms with Crippen LogP contribution in [0.3, 0.4) is 0 Å². The number of phenols is 1. The van der Waals surface area contributed by atoms with E-state index in [4.69, 9.17) is 29.4 Å². The number of benzene rings is 2. The topological polar surface area (TPSA) is 149 Å². The monoisotopic (exact) mass is 548 g/mol. The number of aryl methyl sites for hydroxylation is 1. The molecule has 4 aliphatic heterocycles. The summed E-state index contributed by atoms with van der Waals surface area (Å²) in [4.78, 5) is 14.8. The predicted octanol–water partition coefficient (Wildman–Crippen LogP) is 2.84. The summed E-state index contributed by atoms with van der Waals surface area (Å²) in [6, 6.07) is 2.74. The lowest BCUT2D eigenvalue weighted by Crippen LogP contribution is -2.68. The van der Waals surface area contributed by atoms with Crippen molar-refractivity contribution < 1.29 is 33.6 Å². The summed E-state index contributed by atoms with van der Waals surface area (Å²) in [7, 11) is 1.54. The third kappa shape index (κ3) is 3.71. The molecule has 1 fully saturated rings. The van der Waals surface area contributed by atoms with Gasteiger partial charge in [0.05, 0.1) is 25.3 Å². The van der Waals surface area contributed by atoms with Crippen molar-refractivity contribution in [1.82, 2.24) is 10.2 Å². The molecular weight excluding hydrogens is 516 g/mol. The van der Waals surface area contributed by atoms with E-state index in [0.29, 0.717) is 41.4 Å². The first-order valence-corrected chi connectivity index (χ1v) is 13.3. The molecule has 0 radical (unpaired) electrons. The number of aromatic hydroxyl groups is 1. The van der Waals surface area contributed by atoms with Crippen LogP contribution in [0.5, 0.6) is 28.7 Å². The highest BCUT2D eigenvalue weighted by Gasteiger charge is 2.54. The Labute approximate surface area is 232 Å². The predicted molar refractivity (Wildman–Crippen MR) is 143 cm³/mol. The Morgan fingerprint density at radius 3 is 2.77 bits per heavy atom. The molecule has 11 nitrogen and oxygen atoms in total. The van der Waals surface area contributed by atoms with E-state index in [-0.39, 0.29) is 43.8 Å². The molecule has 40 heavy (non-hydrogen) atoms. The smallest absolute Gasteiger partial charge is 0.504 e. The van der Waals surface area contributed by atoms with Gasteiger partial charge in [0.2, 0.25) is 6.79 Å². The summed E-state index contributed by atoms with van der Waals surface area (Å²) in [5.41, 5.74) is 11.1. The zero-order chi connectivity index (χ0) is 28.3. The number of carbonyl (C=O) groups excluding carboxylic acids is 1. The fourth-order valence-electron chi connectivity index (χ4n) is 7.02. The maximum absolute atomic E-state index is 12.6. The van der Waals surface area contributed by atoms with E-state index in [2.05, 4.69) is 22.9 Å². The van der Waals surface area contributed by atoms with Crippen molar-refractivity contribution in [3.63, 3.8) is 0 Å². The lowest BCUT2D eigenvalue weighted by atomic mass is 9.72. The van der Waals surface area contributed by atoms with Crippen LogP contribution in [0.25, 0.3) is 0 Å². The van der Waals surface area contributed by atoms with Gasteiger partial charge in [0, 0.05) is 40.9 Å². The Kier molecular flexibility index (Phi) is 6.49. The summed E-state index contributed by atoms with van der Waals surface area (Å²) >= 11 is 0. The minimum Gasteiger partial charge on any atom is -0.504 e. The summed E-state index contributed by atoms with van der Waals surface area (Å²) in [6.45, 7) is 7.47. The molecule has 2 aromatic carbocycles. The zero-order valence-electron chi connectivity index (χ0n) is 22.7. The van der Waals surface area contributed by atoms with Crippen LogP contribution < -0.4 is 30.0 Å². The standard InChI is InChI=1S/C29H32N4O7/c1-5-6-37-29(35)40-26-14(3)27-28(39-12-38-27)22-16(26)9-18-23-21-15(7-13(2)25(36-4)24(21)34)8-17(32-23)19(10-30)33(18)20(22)11-31/h5,7,17-20,23,32,34H,1,6,8-9,11-12,31H2,2-4H3/t17-,18?,19+,20+,23?/m1/s1. The van der Waals surface area contributed by atoms with Crippen molar-refractivity contribution in [3.05, 3.63) is 52.1 Å². The highest BCUT2D eigenvalue weighted by atomic mass is 16.7. The second kappa shape index (κ2) is 9.89. The molecule has 0 saturated carbocycles. The van der Waals surface area contributed by atoms with Gasteiger partial charge in [0.1, 0.15) is 18.4 Å². The molecule has 2 bridgehead atoms. The molecule has 210 valence electrons. The van der Waals surface area contributed by atoms with E-state index >= 15 is 0 Å². The number of nitrogens with one attached hydrogen (secondary N) is 1. The molecule has 2 aromatic rings. The molecule has 6 rings (SSSR count). The van der Waals surface area contributed by atoms with Crippen LogP contribution in [-0.2, 0) is 17.6 Å². The van der Waals surface area contributed by atoms with E-state index < -0.39 is 18.2 Å². The minimum atomic E-state index is -0.867. The van der Waals surface area contributed by atoms with Gasteiger partial charge in [-0.2, -0.15) is 5.26 Å². The number of piperazine rings is 1. The van der Waals surface area contributed by atoms with Crippen molar-refractivity contribution in [1.29, 1.82) is 5.26 Å². The van der Waals surface area contributed by atoms with Crippen molar-refractivity contribution >= 4 is 6.16 Å². The molecule has 0 spiro atoms. The van der Waals surface area contributed by atoms with Gasteiger partial charge in [-0.1, -0.05) is 18.7 Å². The molecule has 0 aromatic heterocycles. The fourth-order valence-corrected chi connectivity index (χ4v) is 7.02. The third-order valence-corrected chi connectivity index (χ3v) is 8.49. The van der Waals surface area contributed by atoms with Gasteiger partial charge in [0.15, 0.2) is 23.0 Å². The quantitative estimate of drug-likeness (QED) is 0.288. The first-order valence-electron chi connectivity index (χ1n) is 13.3. The number of hydrogen-bond acceptors (Lipinski definition) is 11. The van der Waals surface area contributed by atoms with Crippen molar-refractivity contribution in [2.75, 3.05) is 27.1 Å². The lowest BCUT2D eigenvalue weighted by Gasteiger charge is -2.56. The van der Waals surface area contributed by atoms with Crippen molar-refractivity contribution in [2.24, 2.45) is 5.73 Å². The Morgan fingerprint density at radius 1 is 1.30 bits per heavy atom. The maximum atomic E-state index is 12.6. The van der Waals surface area contributed by atoms with Gasteiger partial charge >= 0.3 is 6.16 Å². The Bertz CT molecular complexity index is 1450. The second-order valence-electron chi connectivity index (χ2n) is 10.5. The highest BCUT2D eigenvalue weighted by Crippen LogP contribution is 2.56. The first kappa shape index (κ1) is 26.3. The number of hydrogen-bond donors (Lipinski definition) is 3. The van der Waals surface area contributed by atoms with Crippen LogP contribution >= 0.6 is 0 Å². The van der Waals surface area contributed by atoms with E-state index in [1.54, 1.807) is 6.92 Å². The van der Waals surface area contributed by atoms with E-state index in [1.165, 1.54) is 13.2 Å². The van der Waals surface area contributed by atoms with Crippen LogP contribution in [0.4, 0.5) is 4.79 Å². The van der Waals surface area contributed by atoms with Crippen molar-refractivity contribution in [2.45, 2.75) is 56.9 Å². The van der Waals surface area contributed by atoms with Crippen LogP contribution in [0, 0.1) is 25.2 Å². The SMILES string of the molecule is C=CCOC(=O)Oc1c(C)c2c(c3c1CC1C4N[C@H](Cc5cc(C)c(OC)c(O)c54)[C@H](C#N)N1[C@H]3CN)OCO2. The average Bonchev–Trinajstić information content (AvgIpc) is 3.43. The Morgan fingerprint density at radius 2 is 2.08 bits per heavy atom. The van der Waals surface area contributed by atoms with E-state index in [0.717, 1.165) is 27.8 Å². The number of rotatable bonds is 5. The zero-order valence-corrected chi connectivity index (χ0v) is 22.7. The molecule has 4 heterocycles. The molecule has 5 atom stereocenters. The van der Waals surface area contributed by atoms with Crippen LogP contribution in [-0.4, -0.2) is 61.3 Å². The number of phenolic OH excluding ortho intramolecular Hbond substituents is 1. The van der Waals surface area contributed by atoms with Gasteiger partial charge in [-0.25, -0.2) is 4.79 Å². The van der Waals surface area contributed by atoms with Crippen LogP contribution in [0.2, 0.25) is 0 Å². The molecule has 1 saturated heterocycles. The Balaban J connectivity index is 1.55. The number of ether oxygens (including phenoxy) is 5. The van der Waals surface area contributed by atoms with Crippen molar-refractivity contribution in [3.8, 4) is 34.8 Å². The van der Waals surface area contributed by atoms with Gasteiger partial charge in [-0.05, 0) is 37.8 Å². The number of carbonyl (C=O) groups is 1. The van der Waals surface area contributed by atoms with Gasteiger partial charge in [0.25, 0.3) is 0 Å². The second-order valence-corrected chi connectivity index (χ2v) is 10.5. The van der Waals surface area contributed by atoms with Gasteiger partial charge in [-0.3, -0.25) is 4.90 Å².